The molecule has 6 heteroatoms. The van der Waals surface area contributed by atoms with Crippen molar-refractivity contribution in [1.29, 1.82) is 0 Å². The first-order chi connectivity index (χ1) is 11.5. The molecule has 0 radical (unpaired) electrons. The fourth-order valence-corrected chi connectivity index (χ4v) is 6.22. The van der Waals surface area contributed by atoms with E-state index in [1.54, 1.807) is 16.4 Å². The molecule has 0 spiro atoms. The number of rotatable bonds is 6. The summed E-state index contributed by atoms with van der Waals surface area (Å²) in [7, 11) is -3.38. The summed E-state index contributed by atoms with van der Waals surface area (Å²) in [5, 5.41) is 1.82. The average molecular weight is 365 g/mol. The Balaban J connectivity index is 1.74. The van der Waals surface area contributed by atoms with Crippen LogP contribution in [0, 0.1) is 0 Å². The molecular formula is C18H24N2O2S2. The summed E-state index contributed by atoms with van der Waals surface area (Å²) in [6.07, 6.45) is 0.885. The van der Waals surface area contributed by atoms with Crippen molar-refractivity contribution in [2.45, 2.75) is 36.6 Å². The topological polar surface area (TPSA) is 40.6 Å². The maximum atomic E-state index is 12.9. The van der Waals surface area contributed by atoms with Crippen LogP contribution in [0.15, 0.2) is 52.1 Å². The normalized spacial score (nSPS) is 20.5. The number of benzene rings is 1. The summed E-state index contributed by atoms with van der Waals surface area (Å²) >= 11 is 1.29. The molecule has 1 aromatic heterocycles. The van der Waals surface area contributed by atoms with Crippen LogP contribution in [0.25, 0.3) is 0 Å². The minimum absolute atomic E-state index is 0.0493. The Morgan fingerprint density at radius 2 is 2.00 bits per heavy atom. The Kier molecular flexibility index (Phi) is 5.39. The number of hydrogen-bond acceptors (Lipinski definition) is 4. The van der Waals surface area contributed by atoms with Gasteiger partial charge in [0.2, 0.25) is 0 Å². The van der Waals surface area contributed by atoms with E-state index in [1.165, 1.54) is 16.9 Å². The van der Waals surface area contributed by atoms with E-state index in [1.807, 2.05) is 18.4 Å². The lowest BCUT2D eigenvalue weighted by molar-refractivity contribution is 0.239. The molecule has 3 rings (SSSR count). The average Bonchev–Trinajstić information content (AvgIpc) is 3.28. The molecule has 1 aliphatic rings. The van der Waals surface area contributed by atoms with Crippen molar-refractivity contribution >= 4 is 21.4 Å². The second-order valence-electron chi connectivity index (χ2n) is 6.16. The third-order valence-corrected chi connectivity index (χ3v) is 8.20. The maximum Gasteiger partial charge on any atom is 0.252 e. The van der Waals surface area contributed by atoms with E-state index >= 15 is 0 Å². The summed E-state index contributed by atoms with van der Waals surface area (Å²) < 4.78 is 27.9. The predicted octanol–water partition coefficient (Wildman–Crippen LogP) is 3.59. The van der Waals surface area contributed by atoms with Crippen LogP contribution in [0.1, 0.15) is 31.9 Å². The second kappa shape index (κ2) is 7.35. The number of likely N-dealkylation sites (N-methyl/N-ethyl adjacent to an activating group) is 1. The summed E-state index contributed by atoms with van der Waals surface area (Å²) in [6.45, 7) is 6.35. The highest BCUT2D eigenvalue weighted by atomic mass is 32.2. The Bertz CT molecular complexity index is 745. The first-order valence-corrected chi connectivity index (χ1v) is 10.7. The van der Waals surface area contributed by atoms with Gasteiger partial charge in [0.25, 0.3) is 10.0 Å². The quantitative estimate of drug-likeness (QED) is 0.786. The lowest BCUT2D eigenvalue weighted by Gasteiger charge is -2.28. The second-order valence-corrected chi connectivity index (χ2v) is 9.23. The van der Waals surface area contributed by atoms with Gasteiger partial charge in [-0.1, -0.05) is 43.3 Å². The van der Waals surface area contributed by atoms with Crippen molar-refractivity contribution in [3.8, 4) is 0 Å². The first kappa shape index (κ1) is 17.6. The first-order valence-electron chi connectivity index (χ1n) is 8.38. The number of thiophene rings is 1. The van der Waals surface area contributed by atoms with Crippen molar-refractivity contribution in [1.82, 2.24) is 9.21 Å². The molecule has 2 aromatic rings. The summed E-state index contributed by atoms with van der Waals surface area (Å²) in [6, 6.07) is 14.3. The molecule has 2 unspecified atom stereocenters. The third kappa shape index (κ3) is 3.42. The number of hydrogen-bond donors (Lipinski definition) is 0. The molecule has 2 heterocycles. The Hall–Kier alpha value is -1.21. The molecule has 2 atom stereocenters. The van der Waals surface area contributed by atoms with Crippen molar-refractivity contribution in [2.24, 2.45) is 0 Å². The van der Waals surface area contributed by atoms with Crippen molar-refractivity contribution in [3.63, 3.8) is 0 Å². The zero-order chi connectivity index (χ0) is 17.2. The summed E-state index contributed by atoms with van der Waals surface area (Å²) in [4.78, 5) is 2.38. The van der Waals surface area contributed by atoms with Crippen LogP contribution in [0.4, 0.5) is 0 Å². The maximum absolute atomic E-state index is 12.9. The molecule has 0 aliphatic carbocycles. The van der Waals surface area contributed by atoms with E-state index < -0.39 is 10.0 Å². The molecule has 1 aliphatic heterocycles. The highest BCUT2D eigenvalue weighted by Crippen LogP contribution is 2.30. The van der Waals surface area contributed by atoms with Crippen LogP contribution >= 0.6 is 11.3 Å². The van der Waals surface area contributed by atoms with E-state index in [4.69, 9.17) is 0 Å². The molecule has 0 amide bonds. The van der Waals surface area contributed by atoms with Gasteiger partial charge in [0.15, 0.2) is 0 Å². The molecule has 1 saturated heterocycles. The van der Waals surface area contributed by atoms with Gasteiger partial charge in [0, 0.05) is 31.7 Å². The van der Waals surface area contributed by atoms with Crippen molar-refractivity contribution < 1.29 is 8.42 Å². The smallest absolute Gasteiger partial charge is 0.252 e. The zero-order valence-corrected chi connectivity index (χ0v) is 15.8. The molecule has 130 valence electrons. The zero-order valence-electron chi connectivity index (χ0n) is 14.1. The molecular weight excluding hydrogens is 340 g/mol. The van der Waals surface area contributed by atoms with Crippen LogP contribution in [0.5, 0.6) is 0 Å². The van der Waals surface area contributed by atoms with Gasteiger partial charge in [-0.2, -0.15) is 4.31 Å². The van der Waals surface area contributed by atoms with Gasteiger partial charge in [-0.05, 0) is 30.4 Å². The number of likely N-dealkylation sites (tertiary alicyclic amines) is 1. The minimum Gasteiger partial charge on any atom is -0.295 e. The summed E-state index contributed by atoms with van der Waals surface area (Å²) in [5.74, 6) is 0. The van der Waals surface area contributed by atoms with E-state index in [0.29, 0.717) is 16.8 Å². The number of nitrogens with zero attached hydrogens (tertiary/aromatic N) is 2. The molecule has 1 aromatic carbocycles. The fourth-order valence-electron chi connectivity index (χ4n) is 3.45. The highest BCUT2D eigenvalue weighted by molar-refractivity contribution is 7.91. The fraction of sp³-hybridized carbons (Fsp3) is 0.444. The highest BCUT2D eigenvalue weighted by Gasteiger charge is 2.36. The largest absolute Gasteiger partial charge is 0.295 e. The standard InChI is InChI=1S/C18H24N2O2S2/c1-3-20(24(21,22)18-10-7-13-23-18)17-11-12-19(14-17)15(2)16-8-5-4-6-9-16/h4-10,13,15,17H,3,11-12,14H2,1-2H3. The monoisotopic (exact) mass is 364 g/mol. The Morgan fingerprint density at radius 3 is 2.62 bits per heavy atom. The lowest BCUT2D eigenvalue weighted by atomic mass is 10.1. The van der Waals surface area contributed by atoms with E-state index in [9.17, 15) is 8.42 Å². The Morgan fingerprint density at radius 1 is 1.25 bits per heavy atom. The molecule has 0 N–H and O–H groups in total. The van der Waals surface area contributed by atoms with Gasteiger partial charge in [-0.15, -0.1) is 11.3 Å². The van der Waals surface area contributed by atoms with E-state index in [0.717, 1.165) is 19.5 Å². The van der Waals surface area contributed by atoms with Crippen molar-refractivity contribution in [3.05, 3.63) is 53.4 Å². The van der Waals surface area contributed by atoms with Gasteiger partial charge in [0.05, 0.1) is 0 Å². The van der Waals surface area contributed by atoms with E-state index in [-0.39, 0.29) is 6.04 Å². The van der Waals surface area contributed by atoms with Gasteiger partial charge in [-0.25, -0.2) is 8.42 Å². The van der Waals surface area contributed by atoms with Gasteiger partial charge in [-0.3, -0.25) is 4.90 Å². The minimum atomic E-state index is -3.38. The van der Waals surface area contributed by atoms with Crippen LogP contribution < -0.4 is 0 Å². The number of sulfonamides is 1. The van der Waals surface area contributed by atoms with Crippen LogP contribution in [-0.4, -0.2) is 43.3 Å². The van der Waals surface area contributed by atoms with Crippen LogP contribution in [0.3, 0.4) is 0 Å². The predicted molar refractivity (Wildman–Crippen MR) is 98.7 cm³/mol. The third-order valence-electron chi connectivity index (χ3n) is 4.80. The molecule has 0 bridgehead atoms. The molecule has 1 fully saturated rings. The molecule has 24 heavy (non-hydrogen) atoms. The van der Waals surface area contributed by atoms with Crippen molar-refractivity contribution in [2.75, 3.05) is 19.6 Å². The Labute approximate surface area is 148 Å². The SMILES string of the molecule is CCN(C1CCN(C(C)c2ccccc2)C1)S(=O)(=O)c1cccs1. The molecule has 0 saturated carbocycles. The van der Waals surface area contributed by atoms with Crippen LogP contribution in [-0.2, 0) is 10.0 Å². The summed E-state index contributed by atoms with van der Waals surface area (Å²) in [5.41, 5.74) is 1.28. The molecule has 4 nitrogen and oxygen atoms in total. The lowest BCUT2D eigenvalue weighted by Crippen LogP contribution is -2.41. The van der Waals surface area contributed by atoms with Gasteiger partial charge < -0.3 is 0 Å². The van der Waals surface area contributed by atoms with Gasteiger partial charge >= 0.3 is 0 Å². The van der Waals surface area contributed by atoms with Crippen LogP contribution in [0.2, 0.25) is 0 Å². The van der Waals surface area contributed by atoms with Gasteiger partial charge in [0.1, 0.15) is 4.21 Å². The van der Waals surface area contributed by atoms with E-state index in [2.05, 4.69) is 36.1 Å².